The highest BCUT2D eigenvalue weighted by atomic mass is 19.1. The molecule has 33 heavy (non-hydrogen) atoms. The van der Waals surface area contributed by atoms with Crippen molar-refractivity contribution in [1.82, 2.24) is 15.0 Å². The smallest absolute Gasteiger partial charge is 0.228 e. The molecule has 4 rings (SSSR count). The Hall–Kier alpha value is -4.13. The fourth-order valence-electron chi connectivity index (χ4n) is 3.50. The molecular weight excluding hydrogens is 419 g/mol. The van der Waals surface area contributed by atoms with Crippen LogP contribution in [0.15, 0.2) is 73.1 Å². The molecule has 0 aliphatic heterocycles. The number of nitrogens with one attached hydrogen (secondary N) is 1. The number of benzene rings is 2. The van der Waals surface area contributed by atoms with E-state index in [0.29, 0.717) is 28.8 Å². The fourth-order valence-corrected chi connectivity index (χ4v) is 3.50. The quantitative estimate of drug-likeness (QED) is 0.405. The van der Waals surface area contributed by atoms with Crippen molar-refractivity contribution in [3.8, 4) is 22.9 Å². The number of aromatic nitrogens is 3. The van der Waals surface area contributed by atoms with Crippen molar-refractivity contribution < 1.29 is 13.9 Å². The lowest BCUT2D eigenvalue weighted by Crippen LogP contribution is -2.07. The molecule has 0 aliphatic carbocycles. The Morgan fingerprint density at radius 2 is 1.79 bits per heavy atom. The average molecular weight is 442 g/mol. The molecule has 2 heterocycles. The summed E-state index contributed by atoms with van der Waals surface area (Å²) in [6, 6.07) is 17.2. The number of Topliss-reactive ketones (excluding diaryl/α,β-unsaturated/α-hetero) is 1. The van der Waals surface area contributed by atoms with Gasteiger partial charge in [0.1, 0.15) is 17.3 Å². The standard InChI is InChI=1S/C26H23FN4O2/c1-17-13-19(16-21(32)15-18-5-3-6-20(27)14-18)8-9-24(17)33-25-22(7-4-11-29-25)23-10-12-30-26(28-2)31-23/h3-14H,15-16H2,1-2H3,(H,28,30,31). The van der Waals surface area contributed by atoms with E-state index < -0.39 is 0 Å². The molecule has 0 saturated carbocycles. The maximum atomic E-state index is 13.4. The van der Waals surface area contributed by atoms with E-state index in [1.54, 1.807) is 37.6 Å². The molecule has 0 aliphatic rings. The van der Waals surface area contributed by atoms with Crippen LogP contribution in [0.1, 0.15) is 16.7 Å². The Labute approximate surface area is 191 Å². The second kappa shape index (κ2) is 9.99. The first-order valence-electron chi connectivity index (χ1n) is 10.5. The van der Waals surface area contributed by atoms with Crippen LogP contribution >= 0.6 is 0 Å². The van der Waals surface area contributed by atoms with E-state index in [2.05, 4.69) is 20.3 Å². The van der Waals surface area contributed by atoms with Gasteiger partial charge >= 0.3 is 0 Å². The molecule has 0 saturated heterocycles. The van der Waals surface area contributed by atoms with E-state index in [1.165, 1.54) is 12.1 Å². The van der Waals surface area contributed by atoms with Gasteiger partial charge in [0.25, 0.3) is 0 Å². The Kier molecular flexibility index (Phi) is 6.69. The first kappa shape index (κ1) is 22.1. The number of hydrogen-bond donors (Lipinski definition) is 1. The van der Waals surface area contributed by atoms with Gasteiger partial charge < -0.3 is 10.1 Å². The van der Waals surface area contributed by atoms with Crippen LogP contribution < -0.4 is 10.1 Å². The van der Waals surface area contributed by atoms with Crippen molar-refractivity contribution in [2.75, 3.05) is 12.4 Å². The third-order valence-corrected chi connectivity index (χ3v) is 5.06. The fraction of sp³-hybridized carbons (Fsp3) is 0.154. The number of ether oxygens (including phenoxy) is 1. The van der Waals surface area contributed by atoms with E-state index in [-0.39, 0.29) is 24.4 Å². The molecule has 0 fully saturated rings. The van der Waals surface area contributed by atoms with Gasteiger partial charge in [0.2, 0.25) is 11.8 Å². The van der Waals surface area contributed by atoms with Crippen LogP contribution in [0.25, 0.3) is 11.3 Å². The van der Waals surface area contributed by atoms with Crippen molar-refractivity contribution in [2.24, 2.45) is 0 Å². The number of hydrogen-bond acceptors (Lipinski definition) is 6. The summed E-state index contributed by atoms with van der Waals surface area (Å²) in [7, 11) is 1.76. The SMILES string of the molecule is CNc1nccc(-c2cccnc2Oc2ccc(CC(=O)Cc3cccc(F)c3)cc2C)n1. The number of carbonyl (C=O) groups excluding carboxylic acids is 1. The predicted molar refractivity (Wildman–Crippen MR) is 125 cm³/mol. The highest BCUT2D eigenvalue weighted by molar-refractivity contribution is 5.83. The molecule has 1 N–H and O–H groups in total. The summed E-state index contributed by atoms with van der Waals surface area (Å²) in [5, 5.41) is 2.93. The van der Waals surface area contributed by atoms with Crippen LogP contribution in [0, 0.1) is 12.7 Å². The van der Waals surface area contributed by atoms with Gasteiger partial charge in [-0.05, 0) is 60.0 Å². The van der Waals surface area contributed by atoms with Gasteiger partial charge in [-0.15, -0.1) is 0 Å². The van der Waals surface area contributed by atoms with Gasteiger partial charge in [-0.2, -0.15) is 0 Å². The Morgan fingerprint density at radius 3 is 2.55 bits per heavy atom. The summed E-state index contributed by atoms with van der Waals surface area (Å²) >= 11 is 0. The second-order valence-electron chi connectivity index (χ2n) is 7.60. The normalized spacial score (nSPS) is 10.6. The molecule has 2 aromatic heterocycles. The van der Waals surface area contributed by atoms with Gasteiger partial charge in [-0.1, -0.05) is 24.3 Å². The number of pyridine rings is 1. The Morgan fingerprint density at radius 1 is 0.970 bits per heavy atom. The van der Waals surface area contributed by atoms with E-state index in [4.69, 9.17) is 4.74 Å². The predicted octanol–water partition coefficient (Wildman–Crippen LogP) is 5.17. The number of nitrogens with zero attached hydrogens (tertiary/aromatic N) is 3. The molecule has 4 aromatic rings. The zero-order valence-corrected chi connectivity index (χ0v) is 18.4. The van der Waals surface area contributed by atoms with Crippen LogP contribution in [-0.2, 0) is 17.6 Å². The zero-order valence-electron chi connectivity index (χ0n) is 18.4. The lowest BCUT2D eigenvalue weighted by molar-refractivity contribution is -0.117. The molecule has 0 spiro atoms. The number of anilines is 1. The van der Waals surface area contributed by atoms with Crippen LogP contribution in [-0.4, -0.2) is 27.8 Å². The molecule has 0 unspecified atom stereocenters. The number of rotatable bonds is 8. The van der Waals surface area contributed by atoms with Gasteiger partial charge in [0.15, 0.2) is 0 Å². The van der Waals surface area contributed by atoms with Gasteiger partial charge in [-0.25, -0.2) is 19.3 Å². The minimum atomic E-state index is -0.337. The molecule has 166 valence electrons. The number of aryl methyl sites for hydroxylation is 1. The van der Waals surface area contributed by atoms with Crippen molar-refractivity contribution >= 4 is 11.7 Å². The topological polar surface area (TPSA) is 77.0 Å². The summed E-state index contributed by atoms with van der Waals surface area (Å²) in [4.78, 5) is 25.5. The highest BCUT2D eigenvalue weighted by Crippen LogP contribution is 2.32. The molecule has 2 aromatic carbocycles. The minimum absolute atomic E-state index is 0.0183. The van der Waals surface area contributed by atoms with Crippen molar-refractivity contribution in [3.05, 3.63) is 95.6 Å². The second-order valence-corrected chi connectivity index (χ2v) is 7.60. The number of carbonyl (C=O) groups is 1. The number of ketones is 1. The number of halogens is 1. The largest absolute Gasteiger partial charge is 0.438 e. The maximum Gasteiger partial charge on any atom is 0.228 e. The molecular formula is C26H23FN4O2. The monoisotopic (exact) mass is 442 g/mol. The summed E-state index contributed by atoms with van der Waals surface area (Å²) < 4.78 is 19.5. The Balaban J connectivity index is 1.50. The average Bonchev–Trinajstić information content (AvgIpc) is 2.81. The summed E-state index contributed by atoms with van der Waals surface area (Å²) in [5.41, 5.74) is 3.85. The molecule has 0 atom stereocenters. The van der Waals surface area contributed by atoms with Gasteiger partial charge in [0.05, 0.1) is 11.3 Å². The van der Waals surface area contributed by atoms with E-state index in [1.807, 2.05) is 37.3 Å². The van der Waals surface area contributed by atoms with Crippen LogP contribution in [0.4, 0.5) is 10.3 Å². The maximum absolute atomic E-state index is 13.4. The molecule has 6 nitrogen and oxygen atoms in total. The first-order chi connectivity index (χ1) is 16.0. The lowest BCUT2D eigenvalue weighted by atomic mass is 10.0. The minimum Gasteiger partial charge on any atom is -0.438 e. The zero-order chi connectivity index (χ0) is 23.2. The third-order valence-electron chi connectivity index (χ3n) is 5.06. The highest BCUT2D eigenvalue weighted by Gasteiger charge is 2.13. The summed E-state index contributed by atoms with van der Waals surface area (Å²) in [6.07, 6.45) is 3.79. The van der Waals surface area contributed by atoms with Crippen LogP contribution in [0.3, 0.4) is 0 Å². The molecule has 7 heteroatoms. The van der Waals surface area contributed by atoms with Crippen molar-refractivity contribution in [2.45, 2.75) is 19.8 Å². The van der Waals surface area contributed by atoms with Crippen LogP contribution in [0.5, 0.6) is 11.6 Å². The summed E-state index contributed by atoms with van der Waals surface area (Å²) in [5.74, 6) is 1.25. The summed E-state index contributed by atoms with van der Waals surface area (Å²) in [6.45, 7) is 1.92. The first-order valence-corrected chi connectivity index (χ1v) is 10.5. The third kappa shape index (κ3) is 5.57. The van der Waals surface area contributed by atoms with E-state index in [0.717, 1.165) is 16.7 Å². The Bertz CT molecular complexity index is 1290. The molecule has 0 bridgehead atoms. The van der Waals surface area contributed by atoms with Gasteiger partial charge in [0, 0.05) is 32.3 Å². The van der Waals surface area contributed by atoms with E-state index in [9.17, 15) is 9.18 Å². The van der Waals surface area contributed by atoms with Gasteiger partial charge in [-0.3, -0.25) is 4.79 Å². The lowest BCUT2D eigenvalue weighted by Gasteiger charge is -2.13. The molecule has 0 amide bonds. The van der Waals surface area contributed by atoms with Crippen molar-refractivity contribution in [3.63, 3.8) is 0 Å². The van der Waals surface area contributed by atoms with Crippen molar-refractivity contribution in [1.29, 1.82) is 0 Å². The van der Waals surface area contributed by atoms with E-state index >= 15 is 0 Å². The molecule has 0 radical (unpaired) electrons. The van der Waals surface area contributed by atoms with Crippen LogP contribution in [0.2, 0.25) is 0 Å².